The van der Waals surface area contributed by atoms with E-state index >= 15 is 0 Å². The summed E-state index contributed by atoms with van der Waals surface area (Å²) in [7, 11) is 0. The molecule has 0 radical (unpaired) electrons. The molecule has 0 fully saturated rings. The van der Waals surface area contributed by atoms with E-state index in [-0.39, 0.29) is 0 Å². The van der Waals surface area contributed by atoms with Gasteiger partial charge < -0.3 is 10.5 Å². The van der Waals surface area contributed by atoms with Crippen molar-refractivity contribution in [3.63, 3.8) is 0 Å². The molecule has 1 rings (SSSR count). The zero-order valence-electron chi connectivity index (χ0n) is 10.1. The van der Waals surface area contributed by atoms with Crippen molar-refractivity contribution in [3.05, 3.63) is 29.8 Å². The van der Waals surface area contributed by atoms with Gasteiger partial charge in [0.25, 0.3) is 0 Å². The molecule has 1 atom stereocenters. The van der Waals surface area contributed by atoms with Crippen LogP contribution in [0.25, 0.3) is 0 Å². The van der Waals surface area contributed by atoms with Gasteiger partial charge in [-0.15, -0.1) is 0 Å². The van der Waals surface area contributed by atoms with Crippen molar-refractivity contribution in [2.75, 3.05) is 12.4 Å². The highest BCUT2D eigenvalue weighted by atomic mass is 32.2. The molecular formula is C13H21NOS. The molecule has 0 bridgehead atoms. The molecule has 0 spiro atoms. The monoisotopic (exact) mass is 239 g/mol. The van der Waals surface area contributed by atoms with E-state index in [4.69, 9.17) is 10.5 Å². The summed E-state index contributed by atoms with van der Waals surface area (Å²) in [5.74, 6) is 3.14. The Morgan fingerprint density at radius 3 is 2.56 bits per heavy atom. The number of ether oxygens (including phenoxy) is 1. The Morgan fingerprint density at radius 2 is 2.00 bits per heavy atom. The van der Waals surface area contributed by atoms with Crippen LogP contribution in [0, 0.1) is 0 Å². The molecule has 0 saturated carbocycles. The highest BCUT2D eigenvalue weighted by molar-refractivity contribution is 7.98. The maximum Gasteiger partial charge on any atom is 0.119 e. The van der Waals surface area contributed by atoms with E-state index in [0.717, 1.165) is 30.3 Å². The van der Waals surface area contributed by atoms with Gasteiger partial charge >= 0.3 is 0 Å². The van der Waals surface area contributed by atoms with Gasteiger partial charge in [-0.05, 0) is 43.7 Å². The number of hydrogen-bond acceptors (Lipinski definition) is 3. The van der Waals surface area contributed by atoms with Crippen LogP contribution in [0.5, 0.6) is 5.75 Å². The smallest absolute Gasteiger partial charge is 0.119 e. The van der Waals surface area contributed by atoms with Crippen LogP contribution in [0.4, 0.5) is 0 Å². The molecule has 0 aliphatic rings. The van der Waals surface area contributed by atoms with Gasteiger partial charge in [-0.1, -0.05) is 12.1 Å². The van der Waals surface area contributed by atoms with Crippen molar-refractivity contribution in [1.29, 1.82) is 0 Å². The van der Waals surface area contributed by atoms with E-state index in [1.807, 2.05) is 30.8 Å². The molecule has 0 amide bonds. The maximum absolute atomic E-state index is 5.70. The summed E-state index contributed by atoms with van der Waals surface area (Å²) in [6.07, 6.45) is 1.09. The van der Waals surface area contributed by atoms with E-state index in [1.54, 1.807) is 0 Å². The van der Waals surface area contributed by atoms with Gasteiger partial charge in [0, 0.05) is 11.8 Å². The molecule has 1 aromatic rings. The first-order valence-electron chi connectivity index (χ1n) is 5.77. The van der Waals surface area contributed by atoms with Gasteiger partial charge in [-0.25, -0.2) is 0 Å². The number of thioether (sulfide) groups is 1. The molecule has 16 heavy (non-hydrogen) atoms. The molecule has 1 aromatic carbocycles. The standard InChI is InChI=1S/C13H21NOS/c1-3-15-13-6-4-12(5-7-13)10-16-9-8-11(2)14/h4-7,11H,3,8-10,14H2,1-2H3. The minimum Gasteiger partial charge on any atom is -0.494 e. The fraction of sp³-hybridized carbons (Fsp3) is 0.538. The van der Waals surface area contributed by atoms with E-state index in [2.05, 4.69) is 19.1 Å². The zero-order chi connectivity index (χ0) is 11.8. The normalized spacial score (nSPS) is 12.4. The lowest BCUT2D eigenvalue weighted by Gasteiger charge is -2.06. The molecule has 0 aliphatic heterocycles. The lowest BCUT2D eigenvalue weighted by Crippen LogP contribution is -2.15. The Hall–Kier alpha value is -0.670. The topological polar surface area (TPSA) is 35.2 Å². The minimum atomic E-state index is 0.313. The van der Waals surface area contributed by atoms with E-state index in [0.29, 0.717) is 6.04 Å². The van der Waals surface area contributed by atoms with Crippen molar-refractivity contribution >= 4 is 11.8 Å². The molecule has 0 heterocycles. The maximum atomic E-state index is 5.70. The Labute approximate surface area is 103 Å². The first-order valence-corrected chi connectivity index (χ1v) is 6.93. The number of nitrogens with two attached hydrogens (primary N) is 1. The second-order valence-electron chi connectivity index (χ2n) is 3.90. The van der Waals surface area contributed by atoms with Crippen LogP contribution in [-0.2, 0) is 5.75 Å². The van der Waals surface area contributed by atoms with Crippen LogP contribution in [0.2, 0.25) is 0 Å². The summed E-state index contributed by atoms with van der Waals surface area (Å²) in [5.41, 5.74) is 7.04. The van der Waals surface area contributed by atoms with E-state index < -0.39 is 0 Å². The first kappa shape index (κ1) is 13.4. The average Bonchev–Trinajstić information content (AvgIpc) is 2.27. The van der Waals surface area contributed by atoms with Crippen LogP contribution in [0.15, 0.2) is 24.3 Å². The van der Waals surface area contributed by atoms with Crippen LogP contribution in [0.3, 0.4) is 0 Å². The summed E-state index contributed by atoms with van der Waals surface area (Å²) < 4.78 is 5.39. The molecule has 1 unspecified atom stereocenters. The highest BCUT2D eigenvalue weighted by Gasteiger charge is 1.97. The van der Waals surface area contributed by atoms with Crippen LogP contribution >= 0.6 is 11.8 Å². The fourth-order valence-electron chi connectivity index (χ4n) is 1.31. The molecule has 2 N–H and O–H groups in total. The van der Waals surface area contributed by atoms with Crippen LogP contribution < -0.4 is 10.5 Å². The Bertz CT molecular complexity index is 284. The number of hydrogen-bond donors (Lipinski definition) is 1. The Kier molecular flexibility index (Phi) is 6.34. The minimum absolute atomic E-state index is 0.313. The van der Waals surface area contributed by atoms with Gasteiger partial charge in [-0.2, -0.15) is 11.8 Å². The second-order valence-corrected chi connectivity index (χ2v) is 5.00. The molecule has 0 aromatic heterocycles. The van der Waals surface area contributed by atoms with E-state index in [9.17, 15) is 0 Å². The van der Waals surface area contributed by atoms with Gasteiger partial charge in [0.1, 0.15) is 5.75 Å². The van der Waals surface area contributed by atoms with Crippen molar-refractivity contribution in [2.24, 2.45) is 5.73 Å². The van der Waals surface area contributed by atoms with Crippen molar-refractivity contribution in [1.82, 2.24) is 0 Å². The predicted molar refractivity (Wildman–Crippen MR) is 72.0 cm³/mol. The van der Waals surface area contributed by atoms with Crippen molar-refractivity contribution in [2.45, 2.75) is 32.1 Å². The summed E-state index contributed by atoms with van der Waals surface area (Å²) in [5, 5.41) is 0. The molecule has 3 heteroatoms. The van der Waals surface area contributed by atoms with Crippen LogP contribution in [0.1, 0.15) is 25.8 Å². The third-order valence-electron chi connectivity index (χ3n) is 2.22. The third kappa shape index (κ3) is 5.42. The SMILES string of the molecule is CCOc1ccc(CSCCC(C)N)cc1. The van der Waals surface area contributed by atoms with Crippen molar-refractivity contribution < 1.29 is 4.74 Å². The van der Waals surface area contributed by atoms with Crippen molar-refractivity contribution in [3.8, 4) is 5.75 Å². The molecule has 0 aliphatic carbocycles. The number of benzene rings is 1. The summed E-state index contributed by atoms with van der Waals surface area (Å²) >= 11 is 1.93. The highest BCUT2D eigenvalue weighted by Crippen LogP contribution is 2.17. The fourth-order valence-corrected chi connectivity index (χ4v) is 2.42. The third-order valence-corrected chi connectivity index (χ3v) is 3.28. The lowest BCUT2D eigenvalue weighted by molar-refractivity contribution is 0.340. The van der Waals surface area contributed by atoms with Gasteiger partial charge in [0.05, 0.1) is 6.61 Å². The quantitative estimate of drug-likeness (QED) is 0.743. The lowest BCUT2D eigenvalue weighted by atomic mass is 10.2. The van der Waals surface area contributed by atoms with Gasteiger partial charge in [0.15, 0.2) is 0 Å². The summed E-state index contributed by atoms with van der Waals surface area (Å²) in [6.45, 7) is 4.78. The Morgan fingerprint density at radius 1 is 1.31 bits per heavy atom. The average molecular weight is 239 g/mol. The van der Waals surface area contributed by atoms with Gasteiger partial charge in [0.2, 0.25) is 0 Å². The van der Waals surface area contributed by atoms with E-state index in [1.165, 1.54) is 5.56 Å². The second kappa shape index (κ2) is 7.58. The largest absolute Gasteiger partial charge is 0.494 e. The molecule has 90 valence electrons. The number of rotatable bonds is 7. The van der Waals surface area contributed by atoms with Crippen LogP contribution in [-0.4, -0.2) is 18.4 Å². The molecular weight excluding hydrogens is 218 g/mol. The summed E-state index contributed by atoms with van der Waals surface area (Å²) in [6, 6.07) is 8.64. The zero-order valence-corrected chi connectivity index (χ0v) is 10.9. The summed E-state index contributed by atoms with van der Waals surface area (Å²) in [4.78, 5) is 0. The molecule has 0 saturated heterocycles. The molecule has 2 nitrogen and oxygen atoms in total. The Balaban J connectivity index is 2.26. The van der Waals surface area contributed by atoms with Gasteiger partial charge in [-0.3, -0.25) is 0 Å². The predicted octanol–water partition coefficient (Wildman–Crippen LogP) is 3.06. The first-order chi connectivity index (χ1) is 7.72.